The van der Waals surface area contributed by atoms with Crippen LogP contribution in [0.25, 0.3) is 0 Å². The first-order valence-electron chi connectivity index (χ1n) is 7.22. The van der Waals surface area contributed by atoms with Crippen LogP contribution < -0.4 is 15.8 Å². The Labute approximate surface area is 131 Å². The number of hydrogen-bond acceptors (Lipinski definition) is 4. The Morgan fingerprint density at radius 2 is 2.05 bits per heavy atom. The van der Waals surface area contributed by atoms with Gasteiger partial charge in [0.05, 0.1) is 11.8 Å². The molecular formula is C17H24N2OS. The van der Waals surface area contributed by atoms with Crippen molar-refractivity contribution in [1.29, 1.82) is 0 Å². The van der Waals surface area contributed by atoms with E-state index in [4.69, 9.17) is 10.5 Å². The van der Waals surface area contributed by atoms with Gasteiger partial charge in [-0.1, -0.05) is 19.9 Å². The summed E-state index contributed by atoms with van der Waals surface area (Å²) in [5.41, 5.74) is 7.74. The van der Waals surface area contributed by atoms with E-state index in [2.05, 4.69) is 36.7 Å². The summed E-state index contributed by atoms with van der Waals surface area (Å²) in [4.78, 5) is 1.38. The Hall–Kier alpha value is -1.68. The smallest absolute Gasteiger partial charge is 0.144 e. The van der Waals surface area contributed by atoms with Crippen molar-refractivity contribution in [3.63, 3.8) is 0 Å². The van der Waals surface area contributed by atoms with E-state index < -0.39 is 0 Å². The number of nitrogens with two attached hydrogens (primary N) is 1. The quantitative estimate of drug-likeness (QED) is 0.772. The molecule has 114 valence electrons. The fraction of sp³-hybridized carbons (Fsp3) is 0.412. The van der Waals surface area contributed by atoms with Crippen molar-refractivity contribution in [3.8, 4) is 5.75 Å². The molecule has 0 unspecified atom stereocenters. The maximum Gasteiger partial charge on any atom is 0.144 e. The van der Waals surface area contributed by atoms with E-state index in [1.807, 2.05) is 32.0 Å². The van der Waals surface area contributed by atoms with E-state index in [1.54, 1.807) is 11.3 Å². The summed E-state index contributed by atoms with van der Waals surface area (Å²) >= 11 is 1.79. The van der Waals surface area contributed by atoms with E-state index in [0.29, 0.717) is 5.69 Å². The predicted molar refractivity (Wildman–Crippen MR) is 92.5 cm³/mol. The zero-order valence-corrected chi connectivity index (χ0v) is 14.0. The van der Waals surface area contributed by atoms with Gasteiger partial charge in [0, 0.05) is 28.6 Å². The van der Waals surface area contributed by atoms with E-state index >= 15 is 0 Å². The number of anilines is 2. The first-order valence-corrected chi connectivity index (χ1v) is 8.10. The lowest BCUT2D eigenvalue weighted by Crippen LogP contribution is -2.26. The SMILES string of the molecule is CC(C)Oc1cc(NCC(C)(C)c2cccs2)ccc1N. The molecule has 2 aromatic rings. The predicted octanol–water partition coefficient (Wildman–Crippen LogP) is 4.51. The van der Waals surface area contributed by atoms with Gasteiger partial charge in [-0.3, -0.25) is 0 Å². The van der Waals surface area contributed by atoms with Crippen LogP contribution in [-0.2, 0) is 5.41 Å². The number of nitrogen functional groups attached to an aromatic ring is 1. The third kappa shape index (κ3) is 4.14. The van der Waals surface area contributed by atoms with Crippen molar-refractivity contribution >= 4 is 22.7 Å². The van der Waals surface area contributed by atoms with Crippen LogP contribution in [0.4, 0.5) is 11.4 Å². The molecule has 0 fully saturated rings. The largest absolute Gasteiger partial charge is 0.489 e. The second-order valence-electron chi connectivity index (χ2n) is 6.13. The summed E-state index contributed by atoms with van der Waals surface area (Å²) in [5.74, 6) is 0.740. The fourth-order valence-corrected chi connectivity index (χ4v) is 2.93. The van der Waals surface area contributed by atoms with Crippen molar-refractivity contribution in [2.24, 2.45) is 0 Å². The molecule has 3 nitrogen and oxygen atoms in total. The second-order valence-corrected chi connectivity index (χ2v) is 7.08. The first kappa shape index (κ1) is 15.7. The zero-order chi connectivity index (χ0) is 15.5. The highest BCUT2D eigenvalue weighted by Gasteiger charge is 2.21. The third-order valence-corrected chi connectivity index (χ3v) is 4.53. The molecule has 1 heterocycles. The number of ether oxygens (including phenoxy) is 1. The van der Waals surface area contributed by atoms with Gasteiger partial charge in [0.2, 0.25) is 0 Å². The number of thiophene rings is 1. The third-order valence-electron chi connectivity index (χ3n) is 3.30. The van der Waals surface area contributed by atoms with Crippen LogP contribution in [0, 0.1) is 0 Å². The lowest BCUT2D eigenvalue weighted by molar-refractivity contribution is 0.244. The molecule has 0 bridgehead atoms. The standard InChI is InChI=1S/C17H24N2OS/c1-12(2)20-15-10-13(7-8-14(15)18)19-11-17(3,4)16-6-5-9-21-16/h5-10,12,19H,11,18H2,1-4H3. The van der Waals surface area contributed by atoms with Crippen LogP contribution in [0.3, 0.4) is 0 Å². The molecule has 2 rings (SSSR count). The van der Waals surface area contributed by atoms with E-state index in [9.17, 15) is 0 Å². The number of benzene rings is 1. The van der Waals surface area contributed by atoms with Gasteiger partial charge in [0.1, 0.15) is 5.75 Å². The van der Waals surface area contributed by atoms with Crippen LogP contribution in [0.1, 0.15) is 32.6 Å². The Balaban J connectivity index is 2.06. The van der Waals surface area contributed by atoms with Gasteiger partial charge in [0.15, 0.2) is 0 Å². The highest BCUT2D eigenvalue weighted by Crippen LogP contribution is 2.30. The molecule has 0 aliphatic carbocycles. The molecule has 0 radical (unpaired) electrons. The van der Waals surface area contributed by atoms with Gasteiger partial charge in [-0.2, -0.15) is 0 Å². The van der Waals surface area contributed by atoms with Gasteiger partial charge < -0.3 is 15.8 Å². The minimum atomic E-state index is 0.0919. The maximum absolute atomic E-state index is 5.95. The number of hydrogen-bond donors (Lipinski definition) is 2. The van der Waals surface area contributed by atoms with Gasteiger partial charge in [0.25, 0.3) is 0 Å². The zero-order valence-electron chi connectivity index (χ0n) is 13.1. The first-order chi connectivity index (χ1) is 9.88. The molecule has 1 aromatic heterocycles. The molecule has 0 saturated heterocycles. The Morgan fingerprint density at radius 1 is 1.29 bits per heavy atom. The molecule has 3 N–H and O–H groups in total. The Kier molecular flexibility index (Phi) is 4.78. The molecule has 0 spiro atoms. The van der Waals surface area contributed by atoms with E-state index in [1.165, 1.54) is 4.88 Å². The monoisotopic (exact) mass is 304 g/mol. The topological polar surface area (TPSA) is 47.3 Å². The summed E-state index contributed by atoms with van der Waals surface area (Å²) in [6.45, 7) is 9.35. The molecule has 0 atom stereocenters. The summed E-state index contributed by atoms with van der Waals surface area (Å²) < 4.78 is 5.73. The summed E-state index contributed by atoms with van der Waals surface area (Å²) in [7, 11) is 0. The molecule has 4 heteroatoms. The van der Waals surface area contributed by atoms with Crippen molar-refractivity contribution in [2.75, 3.05) is 17.6 Å². The lowest BCUT2D eigenvalue weighted by Gasteiger charge is -2.24. The minimum absolute atomic E-state index is 0.0919. The maximum atomic E-state index is 5.95. The summed E-state index contributed by atoms with van der Waals surface area (Å²) in [6, 6.07) is 10.1. The van der Waals surface area contributed by atoms with Crippen LogP contribution in [0.2, 0.25) is 0 Å². The van der Waals surface area contributed by atoms with Crippen LogP contribution in [0.15, 0.2) is 35.7 Å². The van der Waals surface area contributed by atoms with Crippen molar-refractivity contribution < 1.29 is 4.74 Å². The van der Waals surface area contributed by atoms with Crippen molar-refractivity contribution in [3.05, 3.63) is 40.6 Å². The fourth-order valence-electron chi connectivity index (χ4n) is 2.07. The van der Waals surface area contributed by atoms with Crippen LogP contribution >= 0.6 is 11.3 Å². The summed E-state index contributed by atoms with van der Waals surface area (Å²) in [5, 5.41) is 5.61. The molecule has 0 saturated carbocycles. The summed E-state index contributed by atoms with van der Waals surface area (Å²) in [6.07, 6.45) is 0.116. The highest BCUT2D eigenvalue weighted by atomic mass is 32.1. The molecule has 21 heavy (non-hydrogen) atoms. The van der Waals surface area contributed by atoms with Crippen LogP contribution in [-0.4, -0.2) is 12.6 Å². The normalized spacial score (nSPS) is 11.7. The van der Waals surface area contributed by atoms with Crippen molar-refractivity contribution in [2.45, 2.75) is 39.2 Å². The molecule has 0 amide bonds. The molecular weight excluding hydrogens is 280 g/mol. The average Bonchev–Trinajstić information content (AvgIpc) is 2.94. The molecule has 0 aliphatic heterocycles. The van der Waals surface area contributed by atoms with Gasteiger partial charge in [-0.25, -0.2) is 0 Å². The molecule has 1 aromatic carbocycles. The molecule has 0 aliphatic rings. The number of nitrogens with one attached hydrogen (secondary N) is 1. The Morgan fingerprint density at radius 3 is 2.67 bits per heavy atom. The average molecular weight is 304 g/mol. The van der Waals surface area contributed by atoms with Crippen molar-refractivity contribution in [1.82, 2.24) is 0 Å². The van der Waals surface area contributed by atoms with Gasteiger partial charge >= 0.3 is 0 Å². The van der Waals surface area contributed by atoms with E-state index in [-0.39, 0.29) is 11.5 Å². The second kappa shape index (κ2) is 6.39. The number of rotatable bonds is 6. The lowest BCUT2D eigenvalue weighted by atomic mass is 9.91. The minimum Gasteiger partial charge on any atom is -0.489 e. The Bertz CT molecular complexity index is 576. The van der Waals surface area contributed by atoms with E-state index in [0.717, 1.165) is 18.0 Å². The van der Waals surface area contributed by atoms with Crippen LogP contribution in [0.5, 0.6) is 5.75 Å². The van der Waals surface area contributed by atoms with Gasteiger partial charge in [-0.15, -0.1) is 11.3 Å². The highest BCUT2D eigenvalue weighted by molar-refractivity contribution is 7.10. The van der Waals surface area contributed by atoms with Gasteiger partial charge in [-0.05, 0) is 37.4 Å².